The summed E-state index contributed by atoms with van der Waals surface area (Å²) in [4.78, 5) is 18.4. The average molecular weight is 264 g/mol. The van der Waals surface area contributed by atoms with Crippen LogP contribution in [0.2, 0.25) is 0 Å². The number of rotatable bonds is 4. The van der Waals surface area contributed by atoms with Gasteiger partial charge in [-0.05, 0) is 31.7 Å². The predicted molar refractivity (Wildman–Crippen MR) is 72.4 cm³/mol. The molecule has 1 atom stereocenters. The van der Waals surface area contributed by atoms with Crippen LogP contribution >= 0.6 is 0 Å². The molecule has 1 unspecified atom stereocenters. The molecule has 19 heavy (non-hydrogen) atoms. The first-order chi connectivity index (χ1) is 9.27. The van der Waals surface area contributed by atoms with Gasteiger partial charge in [0.15, 0.2) is 0 Å². The molecule has 4 N–H and O–H groups in total. The predicted octanol–water partition coefficient (Wildman–Crippen LogP) is 0.744. The van der Waals surface area contributed by atoms with Crippen molar-refractivity contribution in [1.29, 1.82) is 0 Å². The van der Waals surface area contributed by atoms with Gasteiger partial charge in [-0.1, -0.05) is 0 Å². The molecule has 1 saturated heterocycles. The highest BCUT2D eigenvalue weighted by atomic mass is 16.3. The van der Waals surface area contributed by atoms with Crippen LogP contribution in [0.4, 0.5) is 5.69 Å². The van der Waals surface area contributed by atoms with Crippen LogP contribution in [0.3, 0.4) is 0 Å². The maximum atomic E-state index is 12.6. The third-order valence-corrected chi connectivity index (χ3v) is 3.56. The van der Waals surface area contributed by atoms with Gasteiger partial charge in [-0.15, -0.1) is 0 Å². The Balaban J connectivity index is 2.21. The van der Waals surface area contributed by atoms with Crippen LogP contribution in [0.5, 0.6) is 0 Å². The van der Waals surface area contributed by atoms with Crippen molar-refractivity contribution < 1.29 is 9.90 Å². The van der Waals surface area contributed by atoms with Crippen molar-refractivity contribution in [2.24, 2.45) is 5.84 Å². The van der Waals surface area contributed by atoms with E-state index in [0.717, 1.165) is 25.8 Å². The fraction of sp³-hybridized carbons (Fsp3) is 0.538. The number of carbonyl (C=O) groups is 1. The second kappa shape index (κ2) is 6.49. The molecule has 1 fully saturated rings. The standard InChI is InChI=1S/C13H20N4O2/c14-16-12-9-15-6-4-11(12)13(19)17-7-2-1-3-10(17)5-8-18/h4,6,9-10,16,18H,1-3,5,7-8,14H2. The first-order valence-electron chi connectivity index (χ1n) is 6.60. The van der Waals surface area contributed by atoms with E-state index < -0.39 is 0 Å². The van der Waals surface area contributed by atoms with Gasteiger partial charge in [0.1, 0.15) is 0 Å². The molecule has 1 amide bonds. The monoisotopic (exact) mass is 264 g/mol. The number of aromatic nitrogens is 1. The van der Waals surface area contributed by atoms with E-state index in [-0.39, 0.29) is 18.6 Å². The van der Waals surface area contributed by atoms with Crippen LogP contribution in [0.1, 0.15) is 36.0 Å². The first-order valence-corrected chi connectivity index (χ1v) is 6.60. The second-order valence-corrected chi connectivity index (χ2v) is 4.73. The summed E-state index contributed by atoms with van der Waals surface area (Å²) in [7, 11) is 0. The van der Waals surface area contributed by atoms with Gasteiger partial charge in [-0.3, -0.25) is 15.6 Å². The molecule has 2 heterocycles. The molecule has 0 spiro atoms. The molecule has 6 nitrogen and oxygen atoms in total. The van der Waals surface area contributed by atoms with Crippen molar-refractivity contribution in [3.05, 3.63) is 24.0 Å². The number of aliphatic hydroxyl groups excluding tert-OH is 1. The maximum Gasteiger partial charge on any atom is 0.256 e. The zero-order chi connectivity index (χ0) is 13.7. The Hall–Kier alpha value is -1.66. The number of nitrogens with two attached hydrogens (primary N) is 1. The molecule has 0 aliphatic carbocycles. The van der Waals surface area contributed by atoms with E-state index in [1.807, 2.05) is 4.90 Å². The highest BCUT2D eigenvalue weighted by Gasteiger charge is 2.28. The molecular formula is C13H20N4O2. The number of nitrogens with one attached hydrogen (secondary N) is 1. The maximum absolute atomic E-state index is 12.6. The number of amides is 1. The summed E-state index contributed by atoms with van der Waals surface area (Å²) in [6, 6.07) is 1.78. The molecular weight excluding hydrogens is 244 g/mol. The molecule has 0 saturated carbocycles. The summed E-state index contributed by atoms with van der Waals surface area (Å²) in [5, 5.41) is 9.11. The Kier molecular flexibility index (Phi) is 4.70. The van der Waals surface area contributed by atoms with Gasteiger partial charge in [-0.2, -0.15) is 0 Å². The van der Waals surface area contributed by atoms with Crippen molar-refractivity contribution in [1.82, 2.24) is 9.88 Å². The molecule has 6 heteroatoms. The average Bonchev–Trinajstić information content (AvgIpc) is 2.47. The summed E-state index contributed by atoms with van der Waals surface area (Å²) in [6.45, 7) is 0.836. The SMILES string of the molecule is NNc1cnccc1C(=O)N1CCCCC1CCO. The van der Waals surface area contributed by atoms with Crippen LogP contribution < -0.4 is 11.3 Å². The Morgan fingerprint density at radius 3 is 3.16 bits per heavy atom. The number of hydrogen-bond donors (Lipinski definition) is 3. The molecule has 0 aromatic carbocycles. The minimum Gasteiger partial charge on any atom is -0.396 e. The normalized spacial score (nSPS) is 19.3. The second-order valence-electron chi connectivity index (χ2n) is 4.73. The number of pyridine rings is 1. The number of nitrogen functional groups attached to an aromatic ring is 1. The number of carbonyl (C=O) groups excluding carboxylic acids is 1. The van der Waals surface area contributed by atoms with Gasteiger partial charge < -0.3 is 15.4 Å². The van der Waals surface area contributed by atoms with Gasteiger partial charge >= 0.3 is 0 Å². The van der Waals surface area contributed by atoms with Gasteiger partial charge in [0.05, 0.1) is 17.4 Å². The van der Waals surface area contributed by atoms with Crippen LogP contribution in [0.15, 0.2) is 18.5 Å². The molecule has 1 aliphatic heterocycles. The lowest BCUT2D eigenvalue weighted by atomic mass is 9.98. The van der Waals surface area contributed by atoms with Gasteiger partial charge in [0.25, 0.3) is 5.91 Å². The minimum atomic E-state index is -0.0477. The fourth-order valence-electron chi connectivity index (χ4n) is 2.57. The van der Waals surface area contributed by atoms with E-state index in [1.165, 1.54) is 6.20 Å². The molecule has 2 rings (SSSR count). The van der Waals surface area contributed by atoms with Crippen molar-refractivity contribution in [3.8, 4) is 0 Å². The van der Waals surface area contributed by atoms with E-state index in [1.54, 1.807) is 12.3 Å². The van der Waals surface area contributed by atoms with Crippen LogP contribution in [-0.2, 0) is 0 Å². The zero-order valence-corrected chi connectivity index (χ0v) is 10.9. The molecule has 1 aromatic heterocycles. The number of likely N-dealkylation sites (tertiary alicyclic amines) is 1. The van der Waals surface area contributed by atoms with E-state index in [9.17, 15) is 4.79 Å². The quantitative estimate of drug-likeness (QED) is 0.551. The number of anilines is 1. The van der Waals surface area contributed by atoms with Crippen molar-refractivity contribution >= 4 is 11.6 Å². The van der Waals surface area contributed by atoms with E-state index in [2.05, 4.69) is 10.4 Å². The number of piperidine rings is 1. The lowest BCUT2D eigenvalue weighted by Gasteiger charge is -2.36. The molecule has 104 valence electrons. The number of hydrogen-bond acceptors (Lipinski definition) is 5. The molecule has 1 aromatic rings. The number of hydrazine groups is 1. The smallest absolute Gasteiger partial charge is 0.256 e. The van der Waals surface area contributed by atoms with E-state index in [0.29, 0.717) is 17.7 Å². The van der Waals surface area contributed by atoms with Crippen LogP contribution in [0.25, 0.3) is 0 Å². The highest BCUT2D eigenvalue weighted by Crippen LogP contribution is 2.24. The number of aliphatic hydroxyl groups is 1. The highest BCUT2D eigenvalue weighted by molar-refractivity contribution is 5.99. The third-order valence-electron chi connectivity index (χ3n) is 3.56. The number of nitrogens with zero attached hydrogens (tertiary/aromatic N) is 2. The summed E-state index contributed by atoms with van der Waals surface area (Å²) in [6.07, 6.45) is 6.80. The van der Waals surface area contributed by atoms with Crippen molar-refractivity contribution in [2.75, 3.05) is 18.6 Å². The van der Waals surface area contributed by atoms with E-state index in [4.69, 9.17) is 10.9 Å². The molecule has 0 bridgehead atoms. The first kappa shape index (κ1) is 13.8. The Morgan fingerprint density at radius 2 is 2.42 bits per heavy atom. The lowest BCUT2D eigenvalue weighted by molar-refractivity contribution is 0.0575. The largest absolute Gasteiger partial charge is 0.396 e. The van der Waals surface area contributed by atoms with Crippen LogP contribution in [0, 0.1) is 0 Å². The Morgan fingerprint density at radius 1 is 1.58 bits per heavy atom. The van der Waals surface area contributed by atoms with E-state index >= 15 is 0 Å². The van der Waals surface area contributed by atoms with Crippen LogP contribution in [-0.4, -0.2) is 40.1 Å². The topological polar surface area (TPSA) is 91.5 Å². The van der Waals surface area contributed by atoms with Crippen molar-refractivity contribution in [2.45, 2.75) is 31.7 Å². The lowest BCUT2D eigenvalue weighted by Crippen LogP contribution is -2.44. The van der Waals surface area contributed by atoms with Crippen molar-refractivity contribution in [3.63, 3.8) is 0 Å². The summed E-state index contributed by atoms with van der Waals surface area (Å²) >= 11 is 0. The van der Waals surface area contributed by atoms with Gasteiger partial charge in [-0.25, -0.2) is 0 Å². The minimum absolute atomic E-state index is 0.0477. The fourth-order valence-corrected chi connectivity index (χ4v) is 2.57. The summed E-state index contributed by atoms with van der Waals surface area (Å²) < 4.78 is 0. The zero-order valence-electron chi connectivity index (χ0n) is 10.9. The Labute approximate surface area is 112 Å². The summed E-state index contributed by atoms with van der Waals surface area (Å²) in [5.41, 5.74) is 3.56. The Bertz CT molecular complexity index is 436. The molecule has 1 aliphatic rings. The molecule has 0 radical (unpaired) electrons. The van der Waals surface area contributed by atoms with Gasteiger partial charge in [0.2, 0.25) is 0 Å². The summed E-state index contributed by atoms with van der Waals surface area (Å²) in [5.74, 6) is 5.36. The third kappa shape index (κ3) is 3.02. The van der Waals surface area contributed by atoms with Gasteiger partial charge in [0, 0.05) is 25.4 Å².